The van der Waals surface area contributed by atoms with Crippen molar-refractivity contribution in [2.24, 2.45) is 0 Å². The number of aromatic nitrogens is 1. The molecule has 0 bridgehead atoms. The summed E-state index contributed by atoms with van der Waals surface area (Å²) in [5, 5.41) is 5.42. The molecule has 0 saturated heterocycles. The molecule has 1 aliphatic rings. The number of carbonyl (C=O) groups is 2. The summed E-state index contributed by atoms with van der Waals surface area (Å²) >= 11 is 7.32. The third kappa shape index (κ3) is 4.70. The van der Waals surface area contributed by atoms with Crippen LogP contribution < -0.4 is 19.7 Å². The second-order valence-electron chi connectivity index (χ2n) is 6.57. The molecule has 0 spiro atoms. The molecule has 3 aromatic rings. The molecule has 1 N–H and O–H groups in total. The van der Waals surface area contributed by atoms with E-state index in [0.717, 1.165) is 5.56 Å². The average Bonchev–Trinajstić information content (AvgIpc) is 3.23. The zero-order valence-electron chi connectivity index (χ0n) is 16.3. The maximum Gasteiger partial charge on any atom is 0.265 e. The van der Waals surface area contributed by atoms with E-state index in [0.29, 0.717) is 39.6 Å². The third-order valence-electron chi connectivity index (χ3n) is 4.46. The molecule has 0 unspecified atom stereocenters. The number of anilines is 2. The molecule has 0 aliphatic carbocycles. The van der Waals surface area contributed by atoms with Gasteiger partial charge in [0.1, 0.15) is 11.5 Å². The van der Waals surface area contributed by atoms with E-state index in [2.05, 4.69) is 16.9 Å². The molecule has 1 aliphatic heterocycles. The first-order valence-electron chi connectivity index (χ1n) is 9.36. The van der Waals surface area contributed by atoms with Crippen molar-refractivity contribution in [3.8, 4) is 22.8 Å². The molecule has 31 heavy (non-hydrogen) atoms. The zero-order chi connectivity index (χ0) is 21.8. The Kier molecular flexibility index (Phi) is 6.20. The summed E-state index contributed by atoms with van der Waals surface area (Å²) in [6.45, 7) is 3.92. The number of nitrogens with zero attached hydrogens (tertiary/aromatic N) is 2. The zero-order valence-corrected chi connectivity index (χ0v) is 17.9. The summed E-state index contributed by atoms with van der Waals surface area (Å²) in [5.41, 5.74) is 2.14. The topological polar surface area (TPSA) is 80.8 Å². The molecule has 0 atom stereocenters. The van der Waals surface area contributed by atoms with E-state index in [4.69, 9.17) is 21.1 Å². The Hall–Kier alpha value is -3.36. The predicted molar refractivity (Wildman–Crippen MR) is 121 cm³/mol. The van der Waals surface area contributed by atoms with Gasteiger partial charge < -0.3 is 14.4 Å². The highest BCUT2D eigenvalue weighted by Gasteiger charge is 2.25. The van der Waals surface area contributed by atoms with Crippen molar-refractivity contribution < 1.29 is 19.1 Å². The Bertz CT molecular complexity index is 1150. The van der Waals surface area contributed by atoms with E-state index in [9.17, 15) is 9.59 Å². The van der Waals surface area contributed by atoms with Gasteiger partial charge >= 0.3 is 0 Å². The van der Waals surface area contributed by atoms with Gasteiger partial charge in [0.2, 0.25) is 0 Å². The minimum absolute atomic E-state index is 0.00331. The van der Waals surface area contributed by atoms with Gasteiger partial charge in [-0.2, -0.15) is 0 Å². The van der Waals surface area contributed by atoms with Crippen LogP contribution in [0.4, 0.5) is 10.8 Å². The number of fused-ring (bicyclic) bond motifs is 1. The van der Waals surface area contributed by atoms with Crippen molar-refractivity contribution in [1.82, 2.24) is 4.98 Å². The number of benzene rings is 2. The Morgan fingerprint density at radius 3 is 3.00 bits per heavy atom. The largest absolute Gasteiger partial charge is 0.482 e. The standard InChI is InChI=1S/C22H18ClN3O4S/c1-2-9-26-17-10-14(7-8-19(17)30-12-21(26)28)16-13-31-22(24-16)25-20(27)11-29-18-6-4-3-5-15(18)23/h2-8,10,13H,1,9,11-12H2,(H,24,25,27). The molecule has 4 rings (SSSR count). The third-order valence-corrected chi connectivity index (χ3v) is 5.53. The average molecular weight is 456 g/mol. The quantitative estimate of drug-likeness (QED) is 0.534. The number of amides is 2. The van der Waals surface area contributed by atoms with Crippen LogP contribution in [0.1, 0.15) is 0 Å². The van der Waals surface area contributed by atoms with Crippen molar-refractivity contribution in [2.75, 3.05) is 30.0 Å². The van der Waals surface area contributed by atoms with Gasteiger partial charge in [-0.3, -0.25) is 14.9 Å². The van der Waals surface area contributed by atoms with E-state index in [1.54, 1.807) is 35.2 Å². The molecule has 7 nitrogen and oxygen atoms in total. The highest BCUT2D eigenvalue weighted by atomic mass is 35.5. The number of nitrogens with one attached hydrogen (secondary N) is 1. The molecule has 9 heteroatoms. The number of rotatable bonds is 7. The van der Waals surface area contributed by atoms with Gasteiger partial charge in [-0.15, -0.1) is 17.9 Å². The summed E-state index contributed by atoms with van der Waals surface area (Å²) in [6.07, 6.45) is 1.67. The van der Waals surface area contributed by atoms with Gasteiger partial charge in [0.25, 0.3) is 11.8 Å². The lowest BCUT2D eigenvalue weighted by Gasteiger charge is -2.28. The van der Waals surface area contributed by atoms with Gasteiger partial charge in [-0.1, -0.05) is 29.8 Å². The maximum atomic E-state index is 12.2. The summed E-state index contributed by atoms with van der Waals surface area (Å²) in [6, 6.07) is 12.5. The fourth-order valence-electron chi connectivity index (χ4n) is 3.01. The van der Waals surface area contributed by atoms with Crippen LogP contribution in [0, 0.1) is 0 Å². The predicted octanol–water partition coefficient (Wildman–Crippen LogP) is 4.39. The van der Waals surface area contributed by atoms with Crippen LogP contribution in [0.15, 0.2) is 60.5 Å². The molecule has 158 valence electrons. The van der Waals surface area contributed by atoms with E-state index in [1.165, 1.54) is 11.3 Å². The van der Waals surface area contributed by atoms with Crippen LogP contribution in [0.25, 0.3) is 11.3 Å². The number of ether oxygens (including phenoxy) is 2. The van der Waals surface area contributed by atoms with Crippen molar-refractivity contribution >= 4 is 45.6 Å². The number of hydrogen-bond donors (Lipinski definition) is 1. The summed E-state index contributed by atoms with van der Waals surface area (Å²) < 4.78 is 11.0. The number of para-hydroxylation sites is 1. The Morgan fingerprint density at radius 2 is 2.19 bits per heavy atom. The minimum Gasteiger partial charge on any atom is -0.482 e. The first kappa shape index (κ1) is 20.9. The summed E-state index contributed by atoms with van der Waals surface area (Å²) in [4.78, 5) is 30.5. The lowest BCUT2D eigenvalue weighted by Crippen LogP contribution is -2.38. The molecular weight excluding hydrogens is 438 g/mol. The van der Waals surface area contributed by atoms with Crippen molar-refractivity contribution in [3.63, 3.8) is 0 Å². The monoisotopic (exact) mass is 455 g/mol. The smallest absolute Gasteiger partial charge is 0.265 e. The lowest BCUT2D eigenvalue weighted by atomic mass is 10.1. The van der Waals surface area contributed by atoms with Gasteiger partial charge in [0.15, 0.2) is 18.3 Å². The second kappa shape index (κ2) is 9.20. The first-order chi connectivity index (χ1) is 15.0. The molecule has 0 saturated carbocycles. The molecule has 2 aromatic carbocycles. The van der Waals surface area contributed by atoms with E-state index in [-0.39, 0.29) is 25.0 Å². The molecule has 0 radical (unpaired) electrons. The molecule has 0 fully saturated rings. The van der Waals surface area contributed by atoms with Crippen molar-refractivity contribution in [1.29, 1.82) is 0 Å². The highest BCUT2D eigenvalue weighted by molar-refractivity contribution is 7.14. The van der Waals surface area contributed by atoms with Gasteiger partial charge in [-0.05, 0) is 30.3 Å². The fraction of sp³-hybridized carbons (Fsp3) is 0.136. The number of hydrogen-bond acceptors (Lipinski definition) is 6. The highest BCUT2D eigenvalue weighted by Crippen LogP contribution is 2.36. The number of thiazole rings is 1. The van der Waals surface area contributed by atoms with Gasteiger partial charge in [-0.25, -0.2) is 4.98 Å². The molecule has 2 amide bonds. The molecule has 1 aromatic heterocycles. The van der Waals surface area contributed by atoms with Crippen molar-refractivity contribution in [3.05, 3.63) is 65.5 Å². The van der Waals surface area contributed by atoms with Crippen LogP contribution in [0.2, 0.25) is 5.02 Å². The fourth-order valence-corrected chi connectivity index (χ4v) is 3.94. The SMILES string of the molecule is C=CCN1C(=O)COc2ccc(-c3csc(NC(=O)COc4ccccc4Cl)n3)cc21. The normalized spacial score (nSPS) is 12.7. The second-order valence-corrected chi connectivity index (χ2v) is 7.83. The number of halogens is 1. The summed E-state index contributed by atoms with van der Waals surface area (Å²) in [5.74, 6) is 0.594. The van der Waals surface area contributed by atoms with Gasteiger partial charge in [0, 0.05) is 17.5 Å². The van der Waals surface area contributed by atoms with Crippen molar-refractivity contribution in [2.45, 2.75) is 0 Å². The Labute approximate surface area is 187 Å². The Balaban J connectivity index is 1.45. The van der Waals surface area contributed by atoms with Crippen LogP contribution in [0.3, 0.4) is 0 Å². The first-order valence-corrected chi connectivity index (χ1v) is 10.6. The van der Waals surface area contributed by atoms with E-state index < -0.39 is 0 Å². The molecule has 2 heterocycles. The molecular formula is C22H18ClN3O4S. The van der Waals surface area contributed by atoms with Gasteiger partial charge in [0.05, 0.1) is 16.4 Å². The van der Waals surface area contributed by atoms with Crippen LogP contribution in [0.5, 0.6) is 11.5 Å². The lowest BCUT2D eigenvalue weighted by molar-refractivity contribution is -0.121. The van der Waals surface area contributed by atoms with Crippen LogP contribution in [-0.2, 0) is 9.59 Å². The summed E-state index contributed by atoms with van der Waals surface area (Å²) in [7, 11) is 0. The van der Waals surface area contributed by atoms with E-state index >= 15 is 0 Å². The number of carbonyl (C=O) groups excluding carboxylic acids is 2. The van der Waals surface area contributed by atoms with Crippen LogP contribution in [-0.4, -0.2) is 36.6 Å². The minimum atomic E-state index is -0.345. The maximum absolute atomic E-state index is 12.2. The Morgan fingerprint density at radius 1 is 1.35 bits per heavy atom. The van der Waals surface area contributed by atoms with E-state index in [1.807, 2.05) is 23.6 Å². The van der Waals surface area contributed by atoms with Crippen LogP contribution >= 0.6 is 22.9 Å².